The molecule has 202 valence electrons. The third-order valence-electron chi connectivity index (χ3n) is 6.73. The summed E-state index contributed by atoms with van der Waals surface area (Å²) in [5.41, 5.74) is 3.11. The highest BCUT2D eigenvalue weighted by Gasteiger charge is 2.44. The molecule has 1 unspecified atom stereocenters. The smallest absolute Gasteiger partial charge is 0.337 e. The molecule has 1 N–H and O–H groups in total. The minimum absolute atomic E-state index is 0.00675. The van der Waals surface area contributed by atoms with Gasteiger partial charge in [0, 0.05) is 12.1 Å². The molecule has 0 radical (unpaired) electrons. The number of aliphatic hydroxyl groups excluding tert-OH is 1. The van der Waals surface area contributed by atoms with E-state index in [1.54, 1.807) is 62.6 Å². The molecule has 3 aromatic carbocycles. The number of benzene rings is 3. The van der Waals surface area contributed by atoms with Crippen LogP contribution in [-0.4, -0.2) is 46.9 Å². The van der Waals surface area contributed by atoms with E-state index < -0.39 is 29.5 Å². The maximum atomic E-state index is 14.0. The van der Waals surface area contributed by atoms with Crippen LogP contribution in [0.5, 0.6) is 5.75 Å². The zero-order valence-corrected chi connectivity index (χ0v) is 22.9. The van der Waals surface area contributed by atoms with Crippen LogP contribution in [0, 0.1) is 6.92 Å². The van der Waals surface area contributed by atoms with Crippen molar-refractivity contribution >= 4 is 29.0 Å². The number of aromatic nitrogens is 1. The van der Waals surface area contributed by atoms with Crippen molar-refractivity contribution < 1.29 is 29.0 Å². The first-order chi connectivity index (χ1) is 19.3. The number of carbonyl (C=O) groups excluding carboxylic acids is 3. The van der Waals surface area contributed by atoms with E-state index in [4.69, 9.17) is 9.47 Å². The summed E-state index contributed by atoms with van der Waals surface area (Å²) in [6.45, 7) is 1.84. The molecule has 9 heteroatoms. The minimum atomic E-state index is -0.854. The second-order valence-electron chi connectivity index (χ2n) is 9.19. The third kappa shape index (κ3) is 4.99. The van der Waals surface area contributed by atoms with Crippen molar-refractivity contribution in [2.45, 2.75) is 19.5 Å². The highest BCUT2D eigenvalue weighted by atomic mass is 32.1. The van der Waals surface area contributed by atoms with Crippen molar-refractivity contribution in [2.24, 2.45) is 0 Å². The van der Waals surface area contributed by atoms with E-state index in [-0.39, 0.29) is 12.1 Å². The van der Waals surface area contributed by atoms with Crippen LogP contribution in [0.25, 0.3) is 10.6 Å². The number of thiazole rings is 1. The van der Waals surface area contributed by atoms with Crippen molar-refractivity contribution in [1.82, 2.24) is 9.88 Å². The maximum absolute atomic E-state index is 14.0. The van der Waals surface area contributed by atoms with Gasteiger partial charge in [-0.25, -0.2) is 9.78 Å². The van der Waals surface area contributed by atoms with Crippen LogP contribution >= 0.6 is 11.3 Å². The molecule has 1 aliphatic rings. The molecular formula is C31H26N2O6S. The molecule has 0 saturated heterocycles. The second-order valence-corrected chi connectivity index (χ2v) is 10.2. The number of amides is 1. The van der Waals surface area contributed by atoms with Gasteiger partial charge >= 0.3 is 5.97 Å². The molecule has 1 aromatic heterocycles. The fourth-order valence-corrected chi connectivity index (χ4v) is 5.70. The average molecular weight is 555 g/mol. The number of ketones is 1. The van der Waals surface area contributed by atoms with E-state index in [1.807, 2.05) is 30.3 Å². The number of esters is 1. The number of hydrogen-bond acceptors (Lipinski definition) is 8. The first-order valence-corrected chi connectivity index (χ1v) is 13.3. The van der Waals surface area contributed by atoms with Crippen molar-refractivity contribution in [3.8, 4) is 16.3 Å². The van der Waals surface area contributed by atoms with Gasteiger partial charge in [0.25, 0.3) is 5.91 Å². The summed E-state index contributed by atoms with van der Waals surface area (Å²) >= 11 is 1.23. The van der Waals surface area contributed by atoms with E-state index in [9.17, 15) is 19.5 Å². The highest BCUT2D eigenvalue weighted by Crippen LogP contribution is 2.42. The van der Waals surface area contributed by atoms with Crippen LogP contribution in [-0.2, 0) is 16.1 Å². The SMILES string of the molecule is COC(=O)c1ccc(CN2C(=O)C(O)=C(C(=O)c3sc(-c4ccccc4)nc3C)C2c2ccc(OC)cc2)cc1. The van der Waals surface area contributed by atoms with Gasteiger partial charge in [0.15, 0.2) is 5.76 Å². The van der Waals surface area contributed by atoms with Gasteiger partial charge in [-0.15, -0.1) is 11.3 Å². The largest absolute Gasteiger partial charge is 0.503 e. The molecular weight excluding hydrogens is 528 g/mol. The Balaban J connectivity index is 1.54. The van der Waals surface area contributed by atoms with E-state index >= 15 is 0 Å². The molecule has 8 nitrogen and oxygen atoms in total. The third-order valence-corrected chi connectivity index (χ3v) is 7.94. The lowest BCUT2D eigenvalue weighted by molar-refractivity contribution is -0.130. The van der Waals surface area contributed by atoms with E-state index in [0.29, 0.717) is 38.0 Å². The first-order valence-electron chi connectivity index (χ1n) is 12.4. The van der Waals surface area contributed by atoms with Crippen molar-refractivity contribution in [3.05, 3.63) is 117 Å². The Bertz CT molecular complexity index is 1610. The number of ether oxygens (including phenoxy) is 2. The predicted molar refractivity (Wildman–Crippen MR) is 150 cm³/mol. The van der Waals surface area contributed by atoms with Gasteiger partial charge in [-0.1, -0.05) is 54.6 Å². The Kier molecular flexibility index (Phi) is 7.48. The van der Waals surface area contributed by atoms with Crippen molar-refractivity contribution in [3.63, 3.8) is 0 Å². The second kappa shape index (κ2) is 11.2. The lowest BCUT2D eigenvalue weighted by Crippen LogP contribution is -2.30. The van der Waals surface area contributed by atoms with Gasteiger partial charge < -0.3 is 19.5 Å². The zero-order valence-electron chi connectivity index (χ0n) is 22.1. The number of rotatable bonds is 8. The molecule has 0 fully saturated rings. The summed E-state index contributed by atoms with van der Waals surface area (Å²) in [4.78, 5) is 45.7. The molecule has 0 spiro atoms. The van der Waals surface area contributed by atoms with E-state index in [1.165, 1.54) is 23.3 Å². The summed E-state index contributed by atoms with van der Waals surface area (Å²) in [6, 6.07) is 22.3. The van der Waals surface area contributed by atoms with Crippen LogP contribution in [0.3, 0.4) is 0 Å². The van der Waals surface area contributed by atoms with Crippen LogP contribution in [0.1, 0.15) is 42.9 Å². The van der Waals surface area contributed by atoms with E-state index in [2.05, 4.69) is 4.98 Å². The fraction of sp³-hybridized carbons (Fsp3) is 0.161. The number of methoxy groups -OCH3 is 2. The van der Waals surface area contributed by atoms with Gasteiger partial charge in [-0.05, 0) is 42.3 Å². The lowest BCUT2D eigenvalue weighted by Gasteiger charge is -2.27. The summed E-state index contributed by atoms with van der Waals surface area (Å²) in [5, 5.41) is 11.8. The summed E-state index contributed by atoms with van der Waals surface area (Å²) in [7, 11) is 2.86. The molecule has 4 aromatic rings. The fourth-order valence-electron chi connectivity index (χ4n) is 4.68. The van der Waals surface area contributed by atoms with Gasteiger partial charge in [0.1, 0.15) is 10.8 Å². The Morgan fingerprint density at radius 1 is 0.975 bits per heavy atom. The Morgan fingerprint density at radius 3 is 2.27 bits per heavy atom. The Hall–Kier alpha value is -4.76. The van der Waals surface area contributed by atoms with Crippen LogP contribution in [0.4, 0.5) is 0 Å². The normalized spacial score (nSPS) is 14.9. The molecule has 0 bridgehead atoms. The number of aliphatic hydroxyl groups is 1. The molecule has 1 aliphatic heterocycles. The van der Waals surface area contributed by atoms with Gasteiger partial charge in [0.2, 0.25) is 5.78 Å². The monoisotopic (exact) mass is 554 g/mol. The first kappa shape index (κ1) is 26.8. The molecule has 5 rings (SSSR count). The lowest BCUT2D eigenvalue weighted by atomic mass is 9.94. The Morgan fingerprint density at radius 2 is 1.65 bits per heavy atom. The number of carbonyl (C=O) groups is 3. The maximum Gasteiger partial charge on any atom is 0.337 e. The average Bonchev–Trinajstić information content (AvgIpc) is 3.50. The van der Waals surface area contributed by atoms with Crippen LogP contribution in [0.15, 0.2) is 90.2 Å². The topological polar surface area (TPSA) is 106 Å². The summed E-state index contributed by atoms with van der Waals surface area (Å²) in [5.74, 6) is -1.56. The van der Waals surface area contributed by atoms with Crippen molar-refractivity contribution in [2.75, 3.05) is 14.2 Å². The molecule has 1 atom stereocenters. The van der Waals surface area contributed by atoms with Gasteiger partial charge in [-0.3, -0.25) is 9.59 Å². The molecule has 2 heterocycles. The zero-order chi connectivity index (χ0) is 28.4. The molecule has 1 amide bonds. The minimum Gasteiger partial charge on any atom is -0.503 e. The highest BCUT2D eigenvalue weighted by molar-refractivity contribution is 7.17. The molecule has 40 heavy (non-hydrogen) atoms. The van der Waals surface area contributed by atoms with Crippen LogP contribution in [0.2, 0.25) is 0 Å². The van der Waals surface area contributed by atoms with Gasteiger partial charge in [0.05, 0.1) is 42.0 Å². The van der Waals surface area contributed by atoms with Crippen molar-refractivity contribution in [1.29, 1.82) is 0 Å². The van der Waals surface area contributed by atoms with E-state index in [0.717, 1.165) is 5.56 Å². The molecule has 0 saturated carbocycles. The quantitative estimate of drug-likeness (QED) is 0.220. The number of aryl methyl sites for hydroxylation is 1. The number of nitrogens with zero attached hydrogens (tertiary/aromatic N) is 2. The Labute approximate surface area is 235 Å². The predicted octanol–water partition coefficient (Wildman–Crippen LogP) is 5.69. The summed E-state index contributed by atoms with van der Waals surface area (Å²) in [6.07, 6.45) is 0. The van der Waals surface area contributed by atoms with Gasteiger partial charge in [-0.2, -0.15) is 0 Å². The molecule has 0 aliphatic carbocycles. The van der Waals surface area contributed by atoms with Crippen LogP contribution < -0.4 is 4.74 Å². The number of hydrogen-bond donors (Lipinski definition) is 1. The number of Topliss-reactive ketones (excluding diaryl/α,β-unsaturated/α-hetero) is 1. The summed E-state index contributed by atoms with van der Waals surface area (Å²) < 4.78 is 10.0. The standard InChI is InChI=1S/C31H26N2O6S/c1-18-28(40-29(32-18)21-7-5-4-6-8-21)26(34)24-25(20-13-15-23(38-2)16-14-20)33(30(36)27(24)35)17-19-9-11-22(12-10-19)31(37)39-3/h4-16,25,35H,17H2,1-3H3.